The van der Waals surface area contributed by atoms with Crippen molar-refractivity contribution in [1.29, 1.82) is 0 Å². The van der Waals surface area contributed by atoms with Gasteiger partial charge in [-0.2, -0.15) is 0 Å². The van der Waals surface area contributed by atoms with Crippen LogP contribution < -0.4 is 14.4 Å². The maximum Gasteiger partial charge on any atom is 0.328 e. The highest BCUT2D eigenvalue weighted by Gasteiger charge is 2.23. The average Bonchev–Trinajstić information content (AvgIpc) is 3.24. The molecule has 34 heavy (non-hydrogen) atoms. The second kappa shape index (κ2) is 9.97. The lowest BCUT2D eigenvalue weighted by molar-refractivity contribution is -0.131. The molecule has 0 saturated carbocycles. The summed E-state index contributed by atoms with van der Waals surface area (Å²) in [7, 11) is 0. The summed E-state index contributed by atoms with van der Waals surface area (Å²) in [6.07, 6.45) is 2.80. The van der Waals surface area contributed by atoms with Crippen LogP contribution >= 0.6 is 34.8 Å². The van der Waals surface area contributed by atoms with Crippen LogP contribution in [0.1, 0.15) is 23.6 Å². The largest absolute Gasteiger partial charge is 0.478 e. The molecule has 174 valence electrons. The minimum Gasteiger partial charge on any atom is -0.478 e. The number of fused-ring (bicyclic) bond motifs is 1. The second-order valence-corrected chi connectivity index (χ2v) is 8.64. The average molecular weight is 519 g/mol. The summed E-state index contributed by atoms with van der Waals surface area (Å²) in [4.78, 5) is 25.0. The number of carbonyl (C=O) groups excluding carboxylic acids is 1. The zero-order valence-electron chi connectivity index (χ0n) is 17.8. The van der Waals surface area contributed by atoms with E-state index in [4.69, 9.17) is 49.4 Å². The van der Waals surface area contributed by atoms with E-state index in [-0.39, 0.29) is 19.1 Å². The van der Waals surface area contributed by atoms with Gasteiger partial charge in [0, 0.05) is 41.8 Å². The molecule has 0 spiro atoms. The molecule has 0 fully saturated rings. The number of benzene rings is 3. The summed E-state index contributed by atoms with van der Waals surface area (Å²) in [6.45, 7) is 1.56. The van der Waals surface area contributed by atoms with E-state index in [1.807, 2.05) is 0 Å². The Balaban J connectivity index is 1.76. The van der Waals surface area contributed by atoms with Crippen LogP contribution in [0.5, 0.6) is 11.5 Å². The number of anilines is 2. The first-order chi connectivity index (χ1) is 16.2. The molecule has 1 N–H and O–H groups in total. The molecule has 1 amide bonds. The molecular formula is C25H18Cl3NO5. The topological polar surface area (TPSA) is 76.1 Å². The molecule has 4 rings (SSSR count). The lowest BCUT2D eigenvalue weighted by atomic mass is 10.0. The number of ether oxygens (including phenoxy) is 2. The van der Waals surface area contributed by atoms with Crippen LogP contribution in [-0.2, 0) is 16.0 Å². The summed E-state index contributed by atoms with van der Waals surface area (Å²) >= 11 is 19.4. The number of aliphatic carboxylic acids is 1. The fraction of sp³-hybridized carbons (Fsp3) is 0.120. The number of carboxylic acid groups (broad SMARTS) is 1. The second-order valence-electron chi connectivity index (χ2n) is 7.45. The fourth-order valence-electron chi connectivity index (χ4n) is 3.64. The van der Waals surface area contributed by atoms with Crippen LogP contribution in [0.2, 0.25) is 15.1 Å². The van der Waals surface area contributed by atoms with Crippen molar-refractivity contribution >= 4 is 64.1 Å². The minimum atomic E-state index is -1.04. The van der Waals surface area contributed by atoms with Crippen molar-refractivity contribution in [3.05, 3.63) is 86.4 Å². The highest BCUT2D eigenvalue weighted by atomic mass is 35.5. The smallest absolute Gasteiger partial charge is 0.328 e. The number of nitrogens with zero attached hydrogens (tertiary/aromatic N) is 1. The van der Waals surface area contributed by atoms with E-state index in [9.17, 15) is 9.59 Å². The van der Waals surface area contributed by atoms with E-state index in [1.54, 1.807) is 48.5 Å². The van der Waals surface area contributed by atoms with E-state index >= 15 is 0 Å². The molecule has 1 aliphatic heterocycles. The van der Waals surface area contributed by atoms with Crippen LogP contribution in [-0.4, -0.2) is 23.8 Å². The Morgan fingerprint density at radius 2 is 1.68 bits per heavy atom. The summed E-state index contributed by atoms with van der Waals surface area (Å²) in [5.74, 6) is -0.150. The monoisotopic (exact) mass is 517 g/mol. The van der Waals surface area contributed by atoms with Gasteiger partial charge in [0.05, 0.1) is 15.7 Å². The van der Waals surface area contributed by atoms with Crippen molar-refractivity contribution in [2.45, 2.75) is 13.3 Å². The fourth-order valence-corrected chi connectivity index (χ4v) is 4.26. The lowest BCUT2D eigenvalue weighted by Gasteiger charge is -2.25. The maximum absolute atomic E-state index is 12.8. The molecule has 3 aromatic rings. The SMILES string of the molecule is CC(=O)N(c1ccc(C=CC(=O)O)cc1)c1ccc(Cl)c(Cl)c1Cc1cc2c(cc1Cl)OCO2. The third kappa shape index (κ3) is 4.99. The molecule has 0 atom stereocenters. The van der Waals surface area contributed by atoms with Gasteiger partial charge in [-0.3, -0.25) is 9.69 Å². The quantitative estimate of drug-likeness (QED) is 0.365. The molecule has 0 aromatic heterocycles. The minimum absolute atomic E-state index is 0.119. The van der Waals surface area contributed by atoms with E-state index in [0.717, 1.165) is 11.6 Å². The number of hydrogen-bond donors (Lipinski definition) is 1. The molecular weight excluding hydrogens is 501 g/mol. The van der Waals surface area contributed by atoms with Gasteiger partial charge in [0.1, 0.15) is 0 Å². The molecule has 0 radical (unpaired) electrons. The van der Waals surface area contributed by atoms with Gasteiger partial charge in [0.2, 0.25) is 12.7 Å². The van der Waals surface area contributed by atoms with Crippen molar-refractivity contribution in [2.24, 2.45) is 0 Å². The highest BCUT2D eigenvalue weighted by Crippen LogP contribution is 2.42. The van der Waals surface area contributed by atoms with Gasteiger partial charge >= 0.3 is 5.97 Å². The Morgan fingerprint density at radius 3 is 2.32 bits per heavy atom. The van der Waals surface area contributed by atoms with Crippen molar-refractivity contribution in [3.8, 4) is 11.5 Å². The lowest BCUT2D eigenvalue weighted by Crippen LogP contribution is -2.24. The summed E-state index contributed by atoms with van der Waals surface area (Å²) in [5.41, 5.74) is 3.14. The van der Waals surface area contributed by atoms with Crippen LogP contribution in [0.4, 0.5) is 11.4 Å². The maximum atomic E-state index is 12.8. The van der Waals surface area contributed by atoms with Crippen molar-refractivity contribution in [3.63, 3.8) is 0 Å². The van der Waals surface area contributed by atoms with Gasteiger partial charge in [0.15, 0.2) is 11.5 Å². The van der Waals surface area contributed by atoms with Crippen LogP contribution in [0.25, 0.3) is 6.08 Å². The van der Waals surface area contributed by atoms with Gasteiger partial charge in [-0.1, -0.05) is 46.9 Å². The Hall–Kier alpha value is -3.19. The highest BCUT2D eigenvalue weighted by molar-refractivity contribution is 6.43. The number of hydrogen-bond acceptors (Lipinski definition) is 4. The summed E-state index contributed by atoms with van der Waals surface area (Å²) < 4.78 is 10.8. The van der Waals surface area contributed by atoms with Gasteiger partial charge in [0.25, 0.3) is 0 Å². The Morgan fingerprint density at radius 1 is 1.00 bits per heavy atom. The van der Waals surface area contributed by atoms with Crippen molar-refractivity contribution in [1.82, 2.24) is 0 Å². The molecule has 1 aliphatic rings. The van der Waals surface area contributed by atoms with Gasteiger partial charge in [-0.05, 0) is 47.5 Å². The van der Waals surface area contributed by atoms with E-state index in [1.165, 1.54) is 17.9 Å². The molecule has 1 heterocycles. The number of carboxylic acids is 1. The Bertz CT molecular complexity index is 1300. The summed E-state index contributed by atoms with van der Waals surface area (Å²) in [5, 5.41) is 9.94. The van der Waals surface area contributed by atoms with E-state index in [0.29, 0.717) is 49.1 Å². The number of carbonyl (C=O) groups is 2. The predicted molar refractivity (Wildman–Crippen MR) is 133 cm³/mol. The van der Waals surface area contributed by atoms with Gasteiger partial charge in [-0.15, -0.1) is 0 Å². The number of amides is 1. The standard InChI is InChI=1S/C25H18Cl3NO5/c1-14(30)29(17-5-2-15(3-6-17)4-9-24(31)32)21-8-7-19(26)25(28)18(21)10-16-11-22-23(12-20(16)27)34-13-33-22/h2-9,11-12H,10,13H2,1H3,(H,31,32). The number of rotatable bonds is 6. The first-order valence-electron chi connectivity index (χ1n) is 10.1. The zero-order valence-corrected chi connectivity index (χ0v) is 20.1. The normalized spacial score (nSPS) is 12.2. The first-order valence-corrected chi connectivity index (χ1v) is 11.2. The molecule has 9 heteroatoms. The zero-order chi connectivity index (χ0) is 24.4. The van der Waals surface area contributed by atoms with Gasteiger partial charge < -0.3 is 14.6 Å². The van der Waals surface area contributed by atoms with Gasteiger partial charge in [-0.25, -0.2) is 4.79 Å². The third-order valence-electron chi connectivity index (χ3n) is 5.21. The van der Waals surface area contributed by atoms with Crippen LogP contribution in [0.3, 0.4) is 0 Å². The predicted octanol–water partition coefficient (Wildman–Crippen LogP) is 6.75. The van der Waals surface area contributed by atoms with Crippen LogP contribution in [0, 0.1) is 0 Å². The molecule has 3 aromatic carbocycles. The third-order valence-corrected chi connectivity index (χ3v) is 6.40. The molecule has 0 bridgehead atoms. The van der Waals surface area contributed by atoms with E-state index < -0.39 is 5.97 Å². The van der Waals surface area contributed by atoms with Crippen molar-refractivity contribution in [2.75, 3.05) is 11.7 Å². The summed E-state index contributed by atoms with van der Waals surface area (Å²) in [6, 6.07) is 13.7. The van der Waals surface area contributed by atoms with Crippen molar-refractivity contribution < 1.29 is 24.2 Å². The first kappa shape index (κ1) is 24.0. The molecule has 6 nitrogen and oxygen atoms in total. The number of halogens is 3. The van der Waals surface area contributed by atoms with E-state index in [2.05, 4.69) is 0 Å². The Kier molecular flexibility index (Phi) is 7.03. The molecule has 0 unspecified atom stereocenters. The van der Waals surface area contributed by atoms with Crippen LogP contribution in [0.15, 0.2) is 54.6 Å². The molecule has 0 saturated heterocycles. The Labute approximate surface area is 210 Å². The molecule has 0 aliphatic carbocycles.